The zero-order valence-corrected chi connectivity index (χ0v) is 12.9. The number of carbonyl (C=O) groups excluding carboxylic acids is 1. The monoisotopic (exact) mass is 310 g/mol. The van der Waals surface area contributed by atoms with E-state index in [-0.39, 0.29) is 5.91 Å². The van der Waals surface area contributed by atoms with Crippen LogP contribution in [0.15, 0.2) is 53.3 Å². The predicted molar refractivity (Wildman–Crippen MR) is 88.3 cm³/mol. The maximum Gasteiger partial charge on any atom is 0.251 e. The Hall–Kier alpha value is -2.66. The molecule has 3 rings (SSSR count). The van der Waals surface area contributed by atoms with Gasteiger partial charge in [0.2, 0.25) is 0 Å². The standard InChI is InChI=1S/C18H18N2O3/c1-22-11-2-9-20-18(21)14-5-3-13(4-6-14)17-15-8-12-23-16(15)7-10-19-17/h3-8,10,12H,2,9,11H2,1H3,(H,20,21). The van der Waals surface area contributed by atoms with Gasteiger partial charge in [0.15, 0.2) is 0 Å². The summed E-state index contributed by atoms with van der Waals surface area (Å²) in [5.41, 5.74) is 3.23. The van der Waals surface area contributed by atoms with Crippen LogP contribution in [0.1, 0.15) is 16.8 Å². The third kappa shape index (κ3) is 3.40. The maximum atomic E-state index is 12.0. The predicted octanol–water partition coefficient (Wildman–Crippen LogP) is 3.26. The second-order valence-corrected chi connectivity index (χ2v) is 5.17. The highest BCUT2D eigenvalue weighted by molar-refractivity contribution is 5.96. The Bertz CT molecular complexity index is 793. The third-order valence-electron chi connectivity index (χ3n) is 3.61. The number of fused-ring (bicyclic) bond motifs is 1. The molecule has 1 amide bonds. The van der Waals surface area contributed by atoms with Gasteiger partial charge in [-0.2, -0.15) is 0 Å². The summed E-state index contributed by atoms with van der Waals surface area (Å²) < 4.78 is 10.3. The summed E-state index contributed by atoms with van der Waals surface area (Å²) in [5.74, 6) is -0.0814. The number of aromatic nitrogens is 1. The molecule has 5 heteroatoms. The highest BCUT2D eigenvalue weighted by Gasteiger charge is 2.09. The molecule has 5 nitrogen and oxygen atoms in total. The van der Waals surface area contributed by atoms with Gasteiger partial charge < -0.3 is 14.5 Å². The van der Waals surface area contributed by atoms with Crippen molar-refractivity contribution >= 4 is 16.9 Å². The van der Waals surface area contributed by atoms with Crippen molar-refractivity contribution in [3.8, 4) is 11.3 Å². The van der Waals surface area contributed by atoms with Crippen LogP contribution in [0.2, 0.25) is 0 Å². The van der Waals surface area contributed by atoms with Crippen LogP contribution in [0.4, 0.5) is 0 Å². The summed E-state index contributed by atoms with van der Waals surface area (Å²) in [5, 5.41) is 3.83. The van der Waals surface area contributed by atoms with Crippen LogP contribution in [0, 0.1) is 0 Å². The van der Waals surface area contributed by atoms with Gasteiger partial charge >= 0.3 is 0 Å². The Balaban J connectivity index is 1.74. The Morgan fingerprint density at radius 2 is 2.04 bits per heavy atom. The number of hydrogen-bond acceptors (Lipinski definition) is 4. The first kappa shape index (κ1) is 15.2. The molecule has 0 saturated carbocycles. The molecule has 0 atom stereocenters. The number of hydrogen-bond donors (Lipinski definition) is 1. The average Bonchev–Trinajstić information content (AvgIpc) is 3.07. The second kappa shape index (κ2) is 7.07. The lowest BCUT2D eigenvalue weighted by Crippen LogP contribution is -2.25. The minimum atomic E-state index is -0.0814. The molecule has 0 aliphatic rings. The van der Waals surface area contributed by atoms with E-state index < -0.39 is 0 Å². The summed E-state index contributed by atoms with van der Waals surface area (Å²) in [6, 6.07) is 11.1. The van der Waals surface area contributed by atoms with E-state index in [9.17, 15) is 4.79 Å². The van der Waals surface area contributed by atoms with Crippen LogP contribution in [0.3, 0.4) is 0 Å². The molecule has 0 bridgehead atoms. The molecule has 118 valence electrons. The van der Waals surface area contributed by atoms with Gasteiger partial charge in [-0.25, -0.2) is 0 Å². The minimum Gasteiger partial charge on any atom is -0.464 e. The van der Waals surface area contributed by atoms with E-state index in [1.165, 1.54) is 0 Å². The lowest BCUT2D eigenvalue weighted by molar-refractivity contribution is 0.0948. The molecule has 0 saturated heterocycles. The highest BCUT2D eigenvalue weighted by atomic mass is 16.5. The number of ether oxygens (including phenoxy) is 1. The molecular formula is C18H18N2O3. The fourth-order valence-electron chi connectivity index (χ4n) is 2.42. The summed E-state index contributed by atoms with van der Waals surface area (Å²) >= 11 is 0. The molecule has 0 unspecified atom stereocenters. The van der Waals surface area contributed by atoms with E-state index in [4.69, 9.17) is 9.15 Å². The molecule has 2 heterocycles. The van der Waals surface area contributed by atoms with Gasteiger partial charge in [-0.1, -0.05) is 12.1 Å². The van der Waals surface area contributed by atoms with E-state index in [0.29, 0.717) is 18.7 Å². The van der Waals surface area contributed by atoms with Crippen LogP contribution in [-0.2, 0) is 4.74 Å². The maximum absolute atomic E-state index is 12.0. The first-order valence-corrected chi connectivity index (χ1v) is 7.49. The number of nitrogens with one attached hydrogen (secondary N) is 1. The molecule has 0 fully saturated rings. The van der Waals surface area contributed by atoms with Gasteiger partial charge in [0.05, 0.1) is 12.0 Å². The smallest absolute Gasteiger partial charge is 0.251 e. The van der Waals surface area contributed by atoms with E-state index in [1.54, 1.807) is 19.6 Å². The van der Waals surface area contributed by atoms with Gasteiger partial charge in [-0.05, 0) is 30.7 Å². The van der Waals surface area contributed by atoms with Crippen molar-refractivity contribution in [1.29, 1.82) is 0 Å². The Labute approximate surface area is 134 Å². The number of pyridine rings is 1. The Kier molecular flexibility index (Phi) is 4.68. The fraction of sp³-hybridized carbons (Fsp3) is 0.222. The highest BCUT2D eigenvalue weighted by Crippen LogP contribution is 2.27. The molecular weight excluding hydrogens is 292 g/mol. The average molecular weight is 310 g/mol. The number of benzene rings is 1. The number of carbonyl (C=O) groups is 1. The number of furan rings is 1. The van der Waals surface area contributed by atoms with Crippen LogP contribution < -0.4 is 5.32 Å². The largest absolute Gasteiger partial charge is 0.464 e. The molecule has 1 aromatic carbocycles. The first-order valence-electron chi connectivity index (χ1n) is 7.49. The second-order valence-electron chi connectivity index (χ2n) is 5.17. The molecule has 0 aliphatic carbocycles. The number of rotatable bonds is 6. The van der Waals surface area contributed by atoms with Crippen LogP contribution in [0.25, 0.3) is 22.2 Å². The van der Waals surface area contributed by atoms with Crippen molar-refractivity contribution in [2.75, 3.05) is 20.3 Å². The Morgan fingerprint density at radius 3 is 2.83 bits per heavy atom. The van der Waals surface area contributed by atoms with Gasteiger partial charge in [-0.15, -0.1) is 0 Å². The Morgan fingerprint density at radius 1 is 1.22 bits per heavy atom. The molecule has 1 N–H and O–H groups in total. The third-order valence-corrected chi connectivity index (χ3v) is 3.61. The van der Waals surface area contributed by atoms with Crippen molar-refractivity contribution in [2.45, 2.75) is 6.42 Å². The van der Waals surface area contributed by atoms with E-state index in [1.807, 2.05) is 36.4 Å². The fourth-order valence-corrected chi connectivity index (χ4v) is 2.42. The van der Waals surface area contributed by atoms with Crippen molar-refractivity contribution in [3.63, 3.8) is 0 Å². The topological polar surface area (TPSA) is 64.4 Å². The molecule has 0 spiro atoms. The summed E-state index contributed by atoms with van der Waals surface area (Å²) in [4.78, 5) is 16.5. The zero-order valence-electron chi connectivity index (χ0n) is 12.9. The van der Waals surface area contributed by atoms with Crippen LogP contribution in [-0.4, -0.2) is 31.2 Å². The first-order chi connectivity index (χ1) is 11.3. The van der Waals surface area contributed by atoms with E-state index in [2.05, 4.69) is 10.3 Å². The van der Waals surface area contributed by atoms with Crippen LogP contribution in [0.5, 0.6) is 0 Å². The molecule has 3 aromatic rings. The van der Waals surface area contributed by atoms with Gasteiger partial charge in [0.25, 0.3) is 5.91 Å². The van der Waals surface area contributed by atoms with Gasteiger partial charge in [-0.3, -0.25) is 9.78 Å². The molecule has 23 heavy (non-hydrogen) atoms. The number of amides is 1. The summed E-state index contributed by atoms with van der Waals surface area (Å²) in [7, 11) is 1.65. The van der Waals surface area contributed by atoms with Gasteiger partial charge in [0, 0.05) is 43.0 Å². The normalized spacial score (nSPS) is 10.8. The van der Waals surface area contributed by atoms with Crippen molar-refractivity contribution in [2.24, 2.45) is 0 Å². The quantitative estimate of drug-likeness (QED) is 0.710. The van der Waals surface area contributed by atoms with E-state index >= 15 is 0 Å². The van der Waals surface area contributed by atoms with Crippen molar-refractivity contribution in [3.05, 3.63) is 54.4 Å². The van der Waals surface area contributed by atoms with Crippen LogP contribution >= 0.6 is 0 Å². The lowest BCUT2D eigenvalue weighted by atomic mass is 10.1. The summed E-state index contributed by atoms with van der Waals surface area (Å²) in [6.45, 7) is 1.24. The van der Waals surface area contributed by atoms with Gasteiger partial charge in [0.1, 0.15) is 5.58 Å². The molecule has 2 aromatic heterocycles. The summed E-state index contributed by atoms with van der Waals surface area (Å²) in [6.07, 6.45) is 4.17. The van der Waals surface area contributed by atoms with Crippen molar-refractivity contribution < 1.29 is 13.9 Å². The lowest BCUT2D eigenvalue weighted by Gasteiger charge is -2.06. The molecule has 0 aliphatic heterocycles. The number of methoxy groups -OCH3 is 1. The SMILES string of the molecule is COCCCNC(=O)c1ccc(-c2nccc3occc23)cc1. The van der Waals surface area contributed by atoms with Crippen molar-refractivity contribution in [1.82, 2.24) is 10.3 Å². The minimum absolute atomic E-state index is 0.0814. The van der Waals surface area contributed by atoms with E-state index in [0.717, 1.165) is 28.6 Å². The zero-order chi connectivity index (χ0) is 16.1. The molecule has 0 radical (unpaired) electrons. The number of nitrogens with zero attached hydrogens (tertiary/aromatic N) is 1.